The number of benzene rings is 1. The lowest BCUT2D eigenvalue weighted by Gasteiger charge is -2.10. The van der Waals surface area contributed by atoms with Crippen LogP contribution in [-0.2, 0) is 10.0 Å². The minimum Gasteiger partial charge on any atom is -0.398 e. The lowest BCUT2D eigenvalue weighted by atomic mass is 10.2. The van der Waals surface area contributed by atoms with Crippen molar-refractivity contribution in [2.45, 2.75) is 11.8 Å². The third-order valence-corrected chi connectivity index (χ3v) is 4.32. The number of nitrogens with zero attached hydrogens (tertiary/aromatic N) is 1. The fourth-order valence-corrected chi connectivity index (χ4v) is 2.90. The van der Waals surface area contributed by atoms with Crippen molar-refractivity contribution < 1.29 is 8.42 Å². The van der Waals surface area contributed by atoms with Crippen molar-refractivity contribution in [1.82, 2.24) is 4.98 Å². The van der Waals surface area contributed by atoms with Crippen LogP contribution in [-0.4, -0.2) is 13.4 Å². The fraction of sp³-hybridized carbons (Fsp3) is 0.0833. The number of pyridine rings is 1. The number of sulfonamides is 1. The molecule has 0 radical (unpaired) electrons. The van der Waals surface area contributed by atoms with Gasteiger partial charge in [-0.05, 0) is 52.7 Å². The molecular formula is C12H12BrN3O2S. The lowest BCUT2D eigenvalue weighted by molar-refractivity contribution is 0.601. The first-order valence-electron chi connectivity index (χ1n) is 5.39. The van der Waals surface area contributed by atoms with Crippen LogP contribution in [0, 0.1) is 6.92 Å². The number of nitrogens with two attached hydrogens (primary N) is 1. The first-order chi connectivity index (χ1) is 8.88. The molecule has 1 aromatic heterocycles. The van der Waals surface area contributed by atoms with E-state index in [-0.39, 0.29) is 16.4 Å². The Labute approximate surface area is 120 Å². The van der Waals surface area contributed by atoms with E-state index in [9.17, 15) is 8.42 Å². The van der Waals surface area contributed by atoms with Crippen LogP contribution in [0.15, 0.2) is 45.9 Å². The number of rotatable bonds is 3. The summed E-state index contributed by atoms with van der Waals surface area (Å²) in [5.74, 6) is 0.239. The van der Waals surface area contributed by atoms with E-state index in [0.29, 0.717) is 0 Å². The number of halogens is 1. The summed E-state index contributed by atoms with van der Waals surface area (Å²) < 4.78 is 27.5. The van der Waals surface area contributed by atoms with Crippen LogP contribution in [0.5, 0.6) is 0 Å². The quantitative estimate of drug-likeness (QED) is 0.840. The molecule has 7 heteroatoms. The summed E-state index contributed by atoms with van der Waals surface area (Å²) in [5, 5.41) is 0. The number of hydrogen-bond acceptors (Lipinski definition) is 4. The molecule has 5 nitrogen and oxygen atoms in total. The van der Waals surface area contributed by atoms with Gasteiger partial charge < -0.3 is 5.73 Å². The second-order valence-electron chi connectivity index (χ2n) is 4.01. The van der Waals surface area contributed by atoms with E-state index in [2.05, 4.69) is 25.6 Å². The SMILES string of the molecule is Cc1ccc(S(=O)(=O)Nc2ccc(Br)cn2)c(N)c1. The Bertz CT molecular complexity index is 699. The Morgan fingerprint density at radius 3 is 2.58 bits per heavy atom. The third kappa shape index (κ3) is 3.24. The zero-order valence-corrected chi connectivity index (χ0v) is 12.5. The summed E-state index contributed by atoms with van der Waals surface area (Å²) >= 11 is 3.23. The van der Waals surface area contributed by atoms with Crippen molar-refractivity contribution in [2.24, 2.45) is 0 Å². The molecule has 0 fully saturated rings. The van der Waals surface area contributed by atoms with E-state index in [0.717, 1.165) is 10.0 Å². The number of aryl methyl sites for hydroxylation is 1. The average Bonchev–Trinajstić information content (AvgIpc) is 2.31. The summed E-state index contributed by atoms with van der Waals surface area (Å²) in [7, 11) is -3.73. The molecule has 19 heavy (non-hydrogen) atoms. The van der Waals surface area contributed by atoms with Gasteiger partial charge in [0.15, 0.2) is 0 Å². The lowest BCUT2D eigenvalue weighted by Crippen LogP contribution is -2.15. The molecule has 0 aliphatic rings. The first kappa shape index (κ1) is 13.8. The highest BCUT2D eigenvalue weighted by atomic mass is 79.9. The summed E-state index contributed by atoms with van der Waals surface area (Å²) in [6, 6.07) is 8.05. The molecule has 0 unspecified atom stereocenters. The summed E-state index contributed by atoms with van der Waals surface area (Å²) in [5.41, 5.74) is 6.85. The topological polar surface area (TPSA) is 85.1 Å². The van der Waals surface area contributed by atoms with E-state index in [1.165, 1.54) is 12.3 Å². The largest absolute Gasteiger partial charge is 0.398 e. The minimum atomic E-state index is -3.73. The Hall–Kier alpha value is -1.60. The average molecular weight is 342 g/mol. The van der Waals surface area contributed by atoms with Gasteiger partial charge in [-0.15, -0.1) is 0 Å². The van der Waals surface area contributed by atoms with E-state index < -0.39 is 10.0 Å². The smallest absolute Gasteiger partial charge is 0.265 e. The van der Waals surface area contributed by atoms with Crippen molar-refractivity contribution in [2.75, 3.05) is 10.5 Å². The van der Waals surface area contributed by atoms with Crippen LogP contribution in [0.4, 0.5) is 11.5 Å². The van der Waals surface area contributed by atoms with Crippen molar-refractivity contribution in [3.8, 4) is 0 Å². The number of aromatic nitrogens is 1. The zero-order valence-electron chi connectivity index (χ0n) is 10.1. The molecule has 2 aromatic rings. The van der Waals surface area contributed by atoms with Crippen molar-refractivity contribution in [3.63, 3.8) is 0 Å². The molecule has 0 spiro atoms. The summed E-state index contributed by atoms with van der Waals surface area (Å²) in [6.45, 7) is 1.84. The van der Waals surface area contributed by atoms with Crippen LogP contribution in [0.25, 0.3) is 0 Å². The van der Waals surface area contributed by atoms with Gasteiger partial charge in [-0.3, -0.25) is 4.72 Å². The van der Waals surface area contributed by atoms with Gasteiger partial charge in [-0.2, -0.15) is 0 Å². The monoisotopic (exact) mass is 341 g/mol. The maximum Gasteiger partial charge on any atom is 0.265 e. The molecule has 100 valence electrons. The normalized spacial score (nSPS) is 11.3. The fourth-order valence-electron chi connectivity index (χ4n) is 1.54. The third-order valence-electron chi connectivity index (χ3n) is 2.42. The predicted octanol–water partition coefficient (Wildman–Crippen LogP) is 2.54. The van der Waals surface area contributed by atoms with Gasteiger partial charge in [0.1, 0.15) is 10.7 Å². The molecular weight excluding hydrogens is 330 g/mol. The van der Waals surface area contributed by atoms with Crippen molar-refractivity contribution in [1.29, 1.82) is 0 Å². The molecule has 0 saturated carbocycles. The zero-order chi connectivity index (χ0) is 14.0. The van der Waals surface area contributed by atoms with Gasteiger partial charge in [0.2, 0.25) is 0 Å². The van der Waals surface area contributed by atoms with Crippen LogP contribution >= 0.6 is 15.9 Å². The molecule has 0 saturated heterocycles. The number of hydrogen-bond donors (Lipinski definition) is 2. The number of nitrogen functional groups attached to an aromatic ring is 1. The molecule has 1 heterocycles. The van der Waals surface area contributed by atoms with Gasteiger partial charge in [0.05, 0.1) is 5.69 Å². The number of nitrogens with one attached hydrogen (secondary N) is 1. The van der Waals surface area contributed by atoms with Crippen LogP contribution in [0.3, 0.4) is 0 Å². The van der Waals surface area contributed by atoms with Gasteiger partial charge in [0, 0.05) is 10.7 Å². The maximum atomic E-state index is 12.2. The Kier molecular flexibility index (Phi) is 3.77. The van der Waals surface area contributed by atoms with Crippen molar-refractivity contribution in [3.05, 3.63) is 46.6 Å². The highest BCUT2D eigenvalue weighted by molar-refractivity contribution is 9.10. The van der Waals surface area contributed by atoms with Crippen LogP contribution in [0.1, 0.15) is 5.56 Å². The molecule has 3 N–H and O–H groups in total. The van der Waals surface area contributed by atoms with Crippen molar-refractivity contribution >= 4 is 37.5 Å². The highest BCUT2D eigenvalue weighted by Gasteiger charge is 2.17. The first-order valence-corrected chi connectivity index (χ1v) is 7.66. The van der Waals surface area contributed by atoms with E-state index in [1.54, 1.807) is 24.3 Å². The highest BCUT2D eigenvalue weighted by Crippen LogP contribution is 2.22. The van der Waals surface area contributed by atoms with E-state index in [4.69, 9.17) is 5.73 Å². The standard InChI is InChI=1S/C12H12BrN3O2S/c1-8-2-4-11(10(14)6-8)19(17,18)16-12-5-3-9(13)7-15-12/h2-7H,14H2,1H3,(H,15,16). The Morgan fingerprint density at radius 1 is 1.26 bits per heavy atom. The molecule has 0 bridgehead atoms. The summed E-state index contributed by atoms with van der Waals surface area (Å²) in [6.07, 6.45) is 1.51. The van der Waals surface area contributed by atoms with Gasteiger partial charge in [-0.1, -0.05) is 6.07 Å². The molecule has 0 aliphatic heterocycles. The second-order valence-corrected chi connectivity index (χ2v) is 6.57. The number of anilines is 2. The van der Waals surface area contributed by atoms with Crippen LogP contribution < -0.4 is 10.5 Å². The van der Waals surface area contributed by atoms with Gasteiger partial charge in [0.25, 0.3) is 10.0 Å². The molecule has 1 aromatic carbocycles. The molecule has 0 atom stereocenters. The Balaban J connectivity index is 2.35. The Morgan fingerprint density at radius 2 is 2.00 bits per heavy atom. The van der Waals surface area contributed by atoms with E-state index >= 15 is 0 Å². The molecule has 0 aliphatic carbocycles. The van der Waals surface area contributed by atoms with Gasteiger partial charge >= 0.3 is 0 Å². The maximum absolute atomic E-state index is 12.2. The summed E-state index contributed by atoms with van der Waals surface area (Å²) in [4.78, 5) is 4.00. The van der Waals surface area contributed by atoms with Gasteiger partial charge in [-0.25, -0.2) is 13.4 Å². The van der Waals surface area contributed by atoms with E-state index in [1.807, 2.05) is 6.92 Å². The molecule has 0 amide bonds. The minimum absolute atomic E-state index is 0.0443. The second kappa shape index (κ2) is 5.18. The molecule has 2 rings (SSSR count). The van der Waals surface area contributed by atoms with Crippen LogP contribution in [0.2, 0.25) is 0 Å². The predicted molar refractivity (Wildman–Crippen MR) is 78.3 cm³/mol.